The van der Waals surface area contributed by atoms with Crippen LogP contribution >= 0.6 is 50.8 Å². The van der Waals surface area contributed by atoms with Gasteiger partial charge in [0.2, 0.25) is 6.29 Å². The summed E-state index contributed by atoms with van der Waals surface area (Å²) in [5, 5.41) is 8.51. The molecular weight excluding hydrogens is 464 g/mol. The molecule has 4 rings (SSSR count). The van der Waals surface area contributed by atoms with E-state index in [0.29, 0.717) is 6.61 Å². The highest BCUT2D eigenvalue weighted by Crippen LogP contribution is 2.40. The fourth-order valence-corrected chi connectivity index (χ4v) is 6.17. The van der Waals surface area contributed by atoms with Gasteiger partial charge < -0.3 is 9.47 Å². The van der Waals surface area contributed by atoms with Crippen molar-refractivity contribution in [3.8, 4) is 5.75 Å². The number of fused-ring (bicyclic) bond motifs is 1. The third kappa shape index (κ3) is 4.68. The number of hydrogen-bond donors (Lipinski definition) is 0. The van der Waals surface area contributed by atoms with E-state index in [1.54, 1.807) is 34.9 Å². The quantitative estimate of drug-likeness (QED) is 0.385. The van der Waals surface area contributed by atoms with E-state index in [4.69, 9.17) is 9.47 Å². The predicted octanol–water partition coefficient (Wildman–Crippen LogP) is 6.31. The van der Waals surface area contributed by atoms with Crippen molar-refractivity contribution >= 4 is 50.8 Å². The van der Waals surface area contributed by atoms with Crippen molar-refractivity contribution in [2.24, 2.45) is 0 Å². The number of benzene rings is 2. The molecule has 8 heteroatoms. The van der Waals surface area contributed by atoms with Crippen molar-refractivity contribution in [3.63, 3.8) is 0 Å². The van der Waals surface area contributed by atoms with Gasteiger partial charge in [-0.25, -0.2) is 0 Å². The van der Waals surface area contributed by atoms with E-state index >= 15 is 0 Å². The second-order valence-electron chi connectivity index (χ2n) is 5.78. The molecule has 0 saturated heterocycles. The molecule has 1 aliphatic heterocycles. The molecule has 0 bridgehead atoms. The van der Waals surface area contributed by atoms with Gasteiger partial charge in [-0.2, -0.15) is 0 Å². The summed E-state index contributed by atoms with van der Waals surface area (Å²) in [7, 11) is 0. The van der Waals surface area contributed by atoms with Crippen molar-refractivity contribution in [3.05, 3.63) is 63.6 Å². The van der Waals surface area contributed by atoms with Gasteiger partial charge in [0.25, 0.3) is 0 Å². The fourth-order valence-electron chi connectivity index (χ4n) is 2.74. The molecule has 4 nitrogen and oxygen atoms in total. The number of thioether (sulfide) groups is 2. The minimum absolute atomic E-state index is 0.377. The Hall–Kier alpha value is -1.06. The average Bonchev–Trinajstić information content (AvgIpc) is 3.14. The third-order valence-corrected chi connectivity index (χ3v) is 7.48. The maximum atomic E-state index is 6.24. The monoisotopic (exact) mass is 480 g/mol. The first kappa shape index (κ1) is 19.3. The van der Waals surface area contributed by atoms with Crippen LogP contribution in [0.4, 0.5) is 0 Å². The third-order valence-electron chi connectivity index (χ3n) is 3.90. The summed E-state index contributed by atoms with van der Waals surface area (Å²) in [4.78, 5) is 0. The van der Waals surface area contributed by atoms with Crippen LogP contribution in [0.1, 0.15) is 29.9 Å². The lowest BCUT2D eigenvalue weighted by Gasteiger charge is -2.28. The van der Waals surface area contributed by atoms with E-state index in [2.05, 4.69) is 45.2 Å². The van der Waals surface area contributed by atoms with Crippen molar-refractivity contribution < 1.29 is 9.47 Å². The predicted molar refractivity (Wildman–Crippen MR) is 115 cm³/mol. The van der Waals surface area contributed by atoms with Crippen LogP contribution in [0.25, 0.3) is 0 Å². The molecule has 0 radical (unpaired) electrons. The number of nitrogens with zero attached hydrogens (tertiary/aromatic N) is 2. The number of aromatic nitrogens is 2. The van der Waals surface area contributed by atoms with E-state index in [9.17, 15) is 0 Å². The van der Waals surface area contributed by atoms with E-state index in [1.165, 1.54) is 0 Å². The average molecular weight is 481 g/mol. The van der Waals surface area contributed by atoms with Crippen LogP contribution in [0.2, 0.25) is 0 Å². The molecule has 0 saturated carbocycles. The van der Waals surface area contributed by atoms with E-state index < -0.39 is 0 Å². The largest absolute Gasteiger partial charge is 0.460 e. The van der Waals surface area contributed by atoms with Crippen LogP contribution in [0.5, 0.6) is 5.75 Å². The maximum absolute atomic E-state index is 6.24. The van der Waals surface area contributed by atoms with Crippen LogP contribution in [-0.2, 0) is 17.1 Å². The minimum atomic E-state index is -0.377. The van der Waals surface area contributed by atoms with Gasteiger partial charge in [0.1, 0.15) is 5.75 Å². The molecule has 1 atom stereocenters. The van der Waals surface area contributed by atoms with Crippen LogP contribution < -0.4 is 4.74 Å². The second kappa shape index (κ2) is 8.96. The van der Waals surface area contributed by atoms with Crippen LogP contribution in [-0.4, -0.2) is 16.0 Å². The Morgan fingerprint density at radius 2 is 1.93 bits per heavy atom. The van der Waals surface area contributed by atoms with Gasteiger partial charge in [-0.3, -0.25) is 0 Å². The van der Waals surface area contributed by atoms with Crippen molar-refractivity contribution in [1.29, 1.82) is 0 Å². The van der Waals surface area contributed by atoms with Gasteiger partial charge in [-0.1, -0.05) is 88.0 Å². The zero-order valence-electron chi connectivity index (χ0n) is 14.6. The molecule has 0 aliphatic carbocycles. The summed E-state index contributed by atoms with van der Waals surface area (Å²) < 4.78 is 15.2. The fraction of sp³-hybridized carbons (Fsp3) is 0.263. The Morgan fingerprint density at radius 3 is 2.70 bits per heavy atom. The Bertz CT molecular complexity index is 921. The maximum Gasteiger partial charge on any atom is 0.227 e. The highest BCUT2D eigenvalue weighted by Gasteiger charge is 2.25. The second-order valence-corrected chi connectivity index (χ2v) is 10.4. The molecule has 0 spiro atoms. The van der Waals surface area contributed by atoms with Gasteiger partial charge in [0.15, 0.2) is 8.68 Å². The molecular formula is C19H17BrN2O2S3. The summed E-state index contributed by atoms with van der Waals surface area (Å²) in [6.07, 6.45) is -0.377. The molecule has 140 valence electrons. The lowest BCUT2D eigenvalue weighted by atomic mass is 10.1. The molecule has 1 aliphatic rings. The molecule has 0 N–H and O–H groups in total. The number of halogens is 1. The smallest absolute Gasteiger partial charge is 0.227 e. The molecule has 2 heterocycles. The lowest BCUT2D eigenvalue weighted by molar-refractivity contribution is -0.111. The molecule has 0 amide bonds. The van der Waals surface area contributed by atoms with Crippen LogP contribution in [0, 0.1) is 0 Å². The van der Waals surface area contributed by atoms with Crippen molar-refractivity contribution in [2.75, 3.05) is 5.75 Å². The molecule has 27 heavy (non-hydrogen) atoms. The first-order chi connectivity index (χ1) is 13.2. The lowest BCUT2D eigenvalue weighted by Crippen LogP contribution is -2.19. The van der Waals surface area contributed by atoms with E-state index in [-0.39, 0.29) is 6.29 Å². The minimum Gasteiger partial charge on any atom is -0.460 e. The van der Waals surface area contributed by atoms with Crippen LogP contribution in [0.3, 0.4) is 0 Å². The van der Waals surface area contributed by atoms with Gasteiger partial charge in [-0.05, 0) is 17.9 Å². The summed E-state index contributed by atoms with van der Waals surface area (Å²) in [5.41, 5.74) is 3.22. The standard InChI is InChI=1S/C19H17BrN2O2S3/c1-2-25-18-21-22-19(27-18)26-11-14-9-15(20)8-13-10-23-17(24-16(13)14)12-6-4-3-5-7-12/h3-9,17H,2,10-11H2,1H3. The molecule has 1 aromatic heterocycles. The first-order valence-electron chi connectivity index (χ1n) is 8.46. The van der Waals surface area contributed by atoms with Gasteiger partial charge >= 0.3 is 0 Å². The molecule has 0 fully saturated rings. The summed E-state index contributed by atoms with van der Waals surface area (Å²) in [6, 6.07) is 14.2. The number of ether oxygens (including phenoxy) is 2. The first-order valence-corrected chi connectivity index (χ1v) is 12.0. The normalized spacial score (nSPS) is 16.0. The summed E-state index contributed by atoms with van der Waals surface area (Å²) in [6.45, 7) is 2.65. The highest BCUT2D eigenvalue weighted by atomic mass is 79.9. The Labute approximate surface area is 179 Å². The molecule has 2 aromatic carbocycles. The van der Waals surface area contributed by atoms with Crippen molar-refractivity contribution in [2.45, 2.75) is 34.3 Å². The number of hydrogen-bond acceptors (Lipinski definition) is 7. The van der Waals surface area contributed by atoms with E-state index in [1.807, 2.05) is 30.3 Å². The van der Waals surface area contributed by atoms with Gasteiger partial charge in [0, 0.05) is 26.9 Å². The summed E-state index contributed by atoms with van der Waals surface area (Å²) in [5.74, 6) is 2.69. The Kier molecular flexibility index (Phi) is 6.39. The number of rotatable bonds is 6. The SMILES string of the molecule is CCSc1nnc(SCc2cc(Br)cc3c2OC(c2ccccc2)OC3)s1. The zero-order valence-corrected chi connectivity index (χ0v) is 18.6. The highest BCUT2D eigenvalue weighted by molar-refractivity contribution is 9.10. The molecule has 3 aromatic rings. The van der Waals surface area contributed by atoms with Crippen molar-refractivity contribution in [1.82, 2.24) is 10.2 Å². The Morgan fingerprint density at radius 1 is 1.15 bits per heavy atom. The summed E-state index contributed by atoms with van der Waals surface area (Å²) >= 11 is 8.66. The van der Waals surface area contributed by atoms with Gasteiger partial charge in [-0.15, -0.1) is 10.2 Å². The van der Waals surface area contributed by atoms with Gasteiger partial charge in [0.05, 0.1) is 6.61 Å². The molecule has 1 unspecified atom stereocenters. The zero-order chi connectivity index (χ0) is 18.6. The Balaban J connectivity index is 1.54. The van der Waals surface area contributed by atoms with E-state index in [0.717, 1.165) is 47.1 Å². The topological polar surface area (TPSA) is 44.2 Å². The van der Waals surface area contributed by atoms with Crippen LogP contribution in [0.15, 0.2) is 55.6 Å².